The van der Waals surface area contributed by atoms with Gasteiger partial charge in [-0.05, 0) is 40.0 Å². The van der Waals surface area contributed by atoms with Crippen LogP contribution in [0, 0.1) is 0 Å². The summed E-state index contributed by atoms with van der Waals surface area (Å²) in [7, 11) is 2.14. The van der Waals surface area contributed by atoms with E-state index in [9.17, 15) is 4.79 Å². The Kier molecular flexibility index (Phi) is 4.02. The van der Waals surface area contributed by atoms with E-state index in [1.54, 1.807) is 12.4 Å². The molecule has 1 saturated heterocycles. The fourth-order valence-corrected chi connectivity index (χ4v) is 2.81. The Morgan fingerprint density at radius 2 is 1.87 bits per heavy atom. The smallest absolute Gasteiger partial charge is 0.420 e. The standard InChI is InChI=1S/C17H24N4O2/c1-17(2,3)23-16(22)21-8-6-13-14(5-7-18-15(13)21)20-11-9-19(4)10-12-20/h5-8H,9-12H2,1-4H3. The number of likely N-dealkylation sites (N-methyl/N-ethyl adjacent to an activating group) is 1. The van der Waals surface area contributed by atoms with Gasteiger partial charge in [0.1, 0.15) is 5.60 Å². The molecule has 0 aromatic carbocycles. The second kappa shape index (κ2) is 5.85. The van der Waals surface area contributed by atoms with Crippen molar-refractivity contribution in [3.05, 3.63) is 24.5 Å². The monoisotopic (exact) mass is 316 g/mol. The van der Waals surface area contributed by atoms with Crippen LogP contribution in [0.15, 0.2) is 24.5 Å². The van der Waals surface area contributed by atoms with Crippen LogP contribution < -0.4 is 4.90 Å². The average molecular weight is 316 g/mol. The molecule has 23 heavy (non-hydrogen) atoms. The number of aromatic nitrogens is 2. The molecule has 3 heterocycles. The molecule has 1 aliphatic heterocycles. The Hall–Kier alpha value is -2.08. The van der Waals surface area contributed by atoms with Crippen LogP contribution in [-0.2, 0) is 4.74 Å². The van der Waals surface area contributed by atoms with Crippen molar-refractivity contribution < 1.29 is 9.53 Å². The number of piperazine rings is 1. The number of hydrogen-bond acceptors (Lipinski definition) is 5. The zero-order valence-corrected chi connectivity index (χ0v) is 14.2. The maximum Gasteiger partial charge on any atom is 0.420 e. The Morgan fingerprint density at radius 3 is 2.52 bits per heavy atom. The van der Waals surface area contributed by atoms with Gasteiger partial charge in [-0.3, -0.25) is 0 Å². The zero-order valence-electron chi connectivity index (χ0n) is 14.2. The highest BCUT2D eigenvalue weighted by Gasteiger charge is 2.22. The molecule has 0 N–H and O–H groups in total. The summed E-state index contributed by atoms with van der Waals surface area (Å²) in [6.07, 6.45) is 3.11. The number of carbonyl (C=O) groups excluding carboxylic acids is 1. The summed E-state index contributed by atoms with van der Waals surface area (Å²) >= 11 is 0. The van der Waals surface area contributed by atoms with Crippen LogP contribution in [0.5, 0.6) is 0 Å². The minimum atomic E-state index is -0.525. The Labute approximate surface area is 136 Å². The molecule has 6 nitrogen and oxygen atoms in total. The number of ether oxygens (including phenoxy) is 1. The average Bonchev–Trinajstić information content (AvgIpc) is 2.90. The lowest BCUT2D eigenvalue weighted by Gasteiger charge is -2.34. The van der Waals surface area contributed by atoms with Gasteiger partial charge >= 0.3 is 6.09 Å². The summed E-state index contributed by atoms with van der Waals surface area (Å²) in [5, 5.41) is 0.989. The second-order valence-electron chi connectivity index (χ2n) is 7.02. The van der Waals surface area contributed by atoms with Crippen molar-refractivity contribution in [2.75, 3.05) is 38.1 Å². The molecule has 0 radical (unpaired) electrons. The predicted octanol–water partition coefficient (Wildman–Crippen LogP) is 2.57. The van der Waals surface area contributed by atoms with Gasteiger partial charge in [-0.1, -0.05) is 0 Å². The summed E-state index contributed by atoms with van der Waals surface area (Å²) < 4.78 is 6.94. The Morgan fingerprint density at radius 1 is 1.17 bits per heavy atom. The number of fused-ring (bicyclic) bond motifs is 1. The van der Waals surface area contributed by atoms with Gasteiger partial charge in [-0.25, -0.2) is 14.3 Å². The molecular formula is C17H24N4O2. The molecule has 2 aromatic heterocycles. The van der Waals surface area contributed by atoms with Crippen LogP contribution in [0.25, 0.3) is 11.0 Å². The first-order valence-electron chi connectivity index (χ1n) is 7.98. The molecule has 0 atom stereocenters. The van der Waals surface area contributed by atoms with Gasteiger partial charge in [0, 0.05) is 49.6 Å². The van der Waals surface area contributed by atoms with Crippen molar-refractivity contribution in [2.45, 2.75) is 26.4 Å². The lowest BCUT2D eigenvalue weighted by Crippen LogP contribution is -2.44. The number of hydrogen-bond donors (Lipinski definition) is 0. The first kappa shape index (κ1) is 15.8. The van der Waals surface area contributed by atoms with Gasteiger partial charge in [-0.2, -0.15) is 0 Å². The fourth-order valence-electron chi connectivity index (χ4n) is 2.81. The predicted molar refractivity (Wildman–Crippen MR) is 91.1 cm³/mol. The summed E-state index contributed by atoms with van der Waals surface area (Å²) in [6.45, 7) is 9.62. The number of anilines is 1. The molecule has 0 aliphatic carbocycles. The molecule has 2 aromatic rings. The van der Waals surface area contributed by atoms with Crippen molar-refractivity contribution in [1.82, 2.24) is 14.5 Å². The van der Waals surface area contributed by atoms with E-state index in [-0.39, 0.29) is 0 Å². The third-order valence-electron chi connectivity index (χ3n) is 4.00. The van der Waals surface area contributed by atoms with Crippen molar-refractivity contribution in [2.24, 2.45) is 0 Å². The number of pyridine rings is 1. The Bertz CT molecular complexity index is 709. The van der Waals surface area contributed by atoms with Gasteiger partial charge in [-0.15, -0.1) is 0 Å². The first-order valence-corrected chi connectivity index (χ1v) is 7.98. The molecule has 0 spiro atoms. The van der Waals surface area contributed by atoms with Crippen LogP contribution in [0.4, 0.5) is 10.5 Å². The van der Waals surface area contributed by atoms with E-state index in [0.717, 1.165) is 37.3 Å². The molecule has 124 valence electrons. The fraction of sp³-hybridized carbons (Fsp3) is 0.529. The van der Waals surface area contributed by atoms with Gasteiger partial charge < -0.3 is 14.5 Å². The number of carbonyl (C=O) groups is 1. The minimum absolute atomic E-state index is 0.393. The molecular weight excluding hydrogens is 292 g/mol. The third-order valence-corrected chi connectivity index (χ3v) is 4.00. The first-order chi connectivity index (χ1) is 10.8. The van der Waals surface area contributed by atoms with Gasteiger partial charge in [0.2, 0.25) is 0 Å². The topological polar surface area (TPSA) is 50.6 Å². The van der Waals surface area contributed by atoms with Crippen molar-refractivity contribution in [3.8, 4) is 0 Å². The lowest BCUT2D eigenvalue weighted by molar-refractivity contribution is 0.0543. The van der Waals surface area contributed by atoms with Gasteiger partial charge in [0.25, 0.3) is 0 Å². The molecule has 6 heteroatoms. The maximum absolute atomic E-state index is 12.3. The van der Waals surface area contributed by atoms with Crippen molar-refractivity contribution >= 4 is 22.8 Å². The van der Waals surface area contributed by atoms with E-state index < -0.39 is 11.7 Å². The van der Waals surface area contributed by atoms with Gasteiger partial charge in [0.15, 0.2) is 5.65 Å². The second-order valence-corrected chi connectivity index (χ2v) is 7.02. The van der Waals surface area contributed by atoms with Crippen LogP contribution in [-0.4, -0.2) is 59.4 Å². The highest BCUT2D eigenvalue weighted by molar-refractivity contribution is 5.95. The number of nitrogens with zero attached hydrogens (tertiary/aromatic N) is 4. The zero-order chi connectivity index (χ0) is 16.6. The molecule has 1 fully saturated rings. The normalized spacial score (nSPS) is 16.8. The van der Waals surface area contributed by atoms with E-state index in [4.69, 9.17) is 4.74 Å². The summed E-state index contributed by atoms with van der Waals surface area (Å²) in [6, 6.07) is 3.97. The quantitative estimate of drug-likeness (QED) is 0.809. The summed E-state index contributed by atoms with van der Waals surface area (Å²) in [5.41, 5.74) is 1.25. The van der Waals surface area contributed by atoms with Crippen LogP contribution in [0.1, 0.15) is 20.8 Å². The van der Waals surface area contributed by atoms with E-state index in [2.05, 4.69) is 21.8 Å². The largest absolute Gasteiger partial charge is 0.443 e. The lowest BCUT2D eigenvalue weighted by atomic mass is 10.2. The maximum atomic E-state index is 12.3. The van der Waals surface area contributed by atoms with E-state index in [0.29, 0.717) is 5.65 Å². The van der Waals surface area contributed by atoms with Crippen LogP contribution in [0.3, 0.4) is 0 Å². The van der Waals surface area contributed by atoms with E-state index in [1.807, 2.05) is 32.9 Å². The SMILES string of the molecule is CN1CCN(c2ccnc3c2ccn3C(=O)OC(C)(C)C)CC1. The third kappa shape index (κ3) is 3.32. The minimum Gasteiger partial charge on any atom is -0.443 e. The molecule has 1 aliphatic rings. The molecule has 0 bridgehead atoms. The summed E-state index contributed by atoms with van der Waals surface area (Å²) in [4.78, 5) is 21.4. The molecule has 3 rings (SSSR count). The molecule has 0 saturated carbocycles. The van der Waals surface area contributed by atoms with E-state index >= 15 is 0 Å². The highest BCUT2D eigenvalue weighted by atomic mass is 16.6. The van der Waals surface area contributed by atoms with Crippen molar-refractivity contribution in [3.63, 3.8) is 0 Å². The summed E-state index contributed by atoms with van der Waals surface area (Å²) in [5.74, 6) is 0. The Balaban J connectivity index is 1.93. The molecule has 0 amide bonds. The van der Waals surface area contributed by atoms with Crippen LogP contribution in [0.2, 0.25) is 0 Å². The van der Waals surface area contributed by atoms with Crippen molar-refractivity contribution in [1.29, 1.82) is 0 Å². The van der Waals surface area contributed by atoms with Crippen LogP contribution >= 0.6 is 0 Å². The molecule has 0 unspecified atom stereocenters. The van der Waals surface area contributed by atoms with Gasteiger partial charge in [0.05, 0.1) is 0 Å². The van der Waals surface area contributed by atoms with E-state index in [1.165, 1.54) is 4.57 Å². The number of rotatable bonds is 1. The highest BCUT2D eigenvalue weighted by Crippen LogP contribution is 2.27.